The third-order valence-electron chi connectivity index (χ3n) is 9.21. The van der Waals surface area contributed by atoms with Gasteiger partial charge in [0.2, 0.25) is 29.5 Å². The van der Waals surface area contributed by atoms with Gasteiger partial charge in [0.15, 0.2) is 0 Å². The first-order valence-corrected chi connectivity index (χ1v) is 17.3. The zero-order valence-electron chi connectivity index (χ0n) is 30.7. The summed E-state index contributed by atoms with van der Waals surface area (Å²) in [7, 11) is 1.53. The maximum absolute atomic E-state index is 14.0. The van der Waals surface area contributed by atoms with Gasteiger partial charge in [-0.25, -0.2) is 0 Å². The SMILES string of the molecule is CCCC(C)(C)CC[C@H]1OC(=O)CNC(=O)[C@H]([C@H](C)O)NC(=O)[C@H](CN)NC(=O)[C@H]([C@H](C)CC)NC(=O)[C@H](CC(C)C)N(C)C(=O)[C@@H]1C. The molecule has 1 aliphatic rings. The van der Waals surface area contributed by atoms with Crippen LogP contribution >= 0.6 is 0 Å². The fraction of sp³-hybridized carbons (Fsp3) is 0.824. The molecule has 5 amide bonds. The maximum Gasteiger partial charge on any atom is 0.325 e. The Morgan fingerprint density at radius 2 is 1.52 bits per heavy atom. The number of esters is 1. The molecule has 0 unspecified atom stereocenters. The molecule has 0 spiro atoms. The van der Waals surface area contributed by atoms with E-state index < -0.39 is 84.3 Å². The van der Waals surface area contributed by atoms with Crippen molar-refractivity contribution in [3.8, 4) is 0 Å². The van der Waals surface area contributed by atoms with E-state index in [4.69, 9.17) is 10.5 Å². The lowest BCUT2D eigenvalue weighted by Gasteiger charge is -2.35. The molecule has 276 valence electrons. The molecule has 0 saturated carbocycles. The molecular formula is C34H62N6O8. The zero-order valence-corrected chi connectivity index (χ0v) is 30.7. The molecule has 14 nitrogen and oxygen atoms in total. The number of hydrogen-bond acceptors (Lipinski definition) is 9. The highest BCUT2D eigenvalue weighted by atomic mass is 16.5. The number of nitrogens with zero attached hydrogens (tertiary/aromatic N) is 1. The van der Waals surface area contributed by atoms with Crippen molar-refractivity contribution in [3.05, 3.63) is 0 Å². The summed E-state index contributed by atoms with van der Waals surface area (Å²) in [5, 5.41) is 20.5. The van der Waals surface area contributed by atoms with Gasteiger partial charge in [0, 0.05) is 13.6 Å². The molecule has 0 aromatic carbocycles. The van der Waals surface area contributed by atoms with E-state index in [0.717, 1.165) is 12.8 Å². The molecule has 0 bridgehead atoms. The molecular weight excluding hydrogens is 620 g/mol. The van der Waals surface area contributed by atoms with Gasteiger partial charge in [0.25, 0.3) is 0 Å². The summed E-state index contributed by atoms with van der Waals surface area (Å²) in [4.78, 5) is 82.2. The van der Waals surface area contributed by atoms with Crippen LogP contribution in [0.5, 0.6) is 0 Å². The van der Waals surface area contributed by atoms with Crippen molar-refractivity contribution < 1.29 is 38.6 Å². The predicted molar refractivity (Wildman–Crippen MR) is 182 cm³/mol. The number of nitrogens with one attached hydrogen (secondary N) is 4. The smallest absolute Gasteiger partial charge is 0.325 e. The molecule has 0 aromatic rings. The van der Waals surface area contributed by atoms with Gasteiger partial charge in [-0.15, -0.1) is 0 Å². The Balaban J connectivity index is 3.69. The second-order valence-electron chi connectivity index (χ2n) is 14.5. The van der Waals surface area contributed by atoms with Crippen molar-refractivity contribution in [1.29, 1.82) is 0 Å². The number of hydrogen-bond donors (Lipinski definition) is 6. The number of carbonyl (C=O) groups excluding carboxylic acids is 6. The number of ether oxygens (including phenoxy) is 1. The van der Waals surface area contributed by atoms with E-state index in [1.807, 2.05) is 20.8 Å². The third-order valence-corrected chi connectivity index (χ3v) is 9.21. The van der Waals surface area contributed by atoms with E-state index in [0.29, 0.717) is 25.7 Å². The van der Waals surface area contributed by atoms with Crippen molar-refractivity contribution in [2.75, 3.05) is 20.1 Å². The second kappa shape index (κ2) is 19.7. The van der Waals surface area contributed by atoms with E-state index in [1.54, 1.807) is 13.8 Å². The highest BCUT2D eigenvalue weighted by Crippen LogP contribution is 2.31. The molecule has 1 rings (SSSR count). The summed E-state index contributed by atoms with van der Waals surface area (Å²) >= 11 is 0. The van der Waals surface area contributed by atoms with Crippen molar-refractivity contribution >= 4 is 35.5 Å². The lowest BCUT2D eigenvalue weighted by molar-refractivity contribution is -0.158. The Morgan fingerprint density at radius 3 is 2.04 bits per heavy atom. The van der Waals surface area contributed by atoms with Crippen LogP contribution < -0.4 is 27.0 Å². The lowest BCUT2D eigenvalue weighted by Crippen LogP contribution is -2.62. The van der Waals surface area contributed by atoms with Crippen molar-refractivity contribution in [2.24, 2.45) is 28.9 Å². The molecule has 1 aliphatic heterocycles. The summed E-state index contributed by atoms with van der Waals surface area (Å²) < 4.78 is 5.82. The highest BCUT2D eigenvalue weighted by molar-refractivity contribution is 5.96. The van der Waals surface area contributed by atoms with Crippen molar-refractivity contribution in [1.82, 2.24) is 26.2 Å². The lowest BCUT2D eigenvalue weighted by atomic mass is 9.81. The van der Waals surface area contributed by atoms with Gasteiger partial charge in [-0.1, -0.05) is 68.2 Å². The number of amides is 5. The summed E-state index contributed by atoms with van der Waals surface area (Å²) in [6.07, 6.45) is 1.43. The van der Waals surface area contributed by atoms with Gasteiger partial charge in [0.05, 0.1) is 12.0 Å². The number of cyclic esters (lactones) is 1. The summed E-state index contributed by atoms with van der Waals surface area (Å²) in [5.74, 6) is -5.34. The number of carbonyl (C=O) groups is 6. The van der Waals surface area contributed by atoms with Crippen LogP contribution in [-0.2, 0) is 33.5 Å². The number of aliphatic hydroxyl groups is 1. The Labute approximate surface area is 286 Å². The van der Waals surface area contributed by atoms with Crippen LogP contribution in [0.1, 0.15) is 101 Å². The first-order valence-electron chi connectivity index (χ1n) is 17.3. The quantitative estimate of drug-likeness (QED) is 0.171. The van der Waals surface area contributed by atoms with Gasteiger partial charge < -0.3 is 41.7 Å². The maximum atomic E-state index is 14.0. The molecule has 14 heteroatoms. The first-order chi connectivity index (χ1) is 22.3. The van der Waals surface area contributed by atoms with Crippen LogP contribution in [0, 0.1) is 23.2 Å². The molecule has 48 heavy (non-hydrogen) atoms. The van der Waals surface area contributed by atoms with E-state index in [1.165, 1.54) is 18.9 Å². The fourth-order valence-electron chi connectivity index (χ4n) is 5.85. The van der Waals surface area contributed by atoms with Crippen molar-refractivity contribution in [3.63, 3.8) is 0 Å². The van der Waals surface area contributed by atoms with Crippen LogP contribution in [-0.4, -0.2) is 102 Å². The highest BCUT2D eigenvalue weighted by Gasteiger charge is 2.39. The third kappa shape index (κ3) is 13.0. The van der Waals surface area contributed by atoms with E-state index >= 15 is 0 Å². The molecule has 8 atom stereocenters. The largest absolute Gasteiger partial charge is 0.460 e. The van der Waals surface area contributed by atoms with Crippen LogP contribution in [0.2, 0.25) is 0 Å². The molecule has 0 aromatic heterocycles. The van der Waals surface area contributed by atoms with E-state index in [9.17, 15) is 33.9 Å². The summed E-state index contributed by atoms with van der Waals surface area (Å²) in [5.41, 5.74) is 5.73. The molecule has 7 N–H and O–H groups in total. The van der Waals surface area contributed by atoms with Crippen LogP contribution in [0.15, 0.2) is 0 Å². The number of likely N-dealkylation sites (N-methyl/N-ethyl adjacent to an activating group) is 1. The van der Waals surface area contributed by atoms with Crippen LogP contribution in [0.3, 0.4) is 0 Å². The van der Waals surface area contributed by atoms with Gasteiger partial charge in [-0.2, -0.15) is 0 Å². The van der Waals surface area contributed by atoms with Gasteiger partial charge in [0.1, 0.15) is 36.8 Å². The zero-order chi connectivity index (χ0) is 36.9. The van der Waals surface area contributed by atoms with Crippen LogP contribution in [0.4, 0.5) is 0 Å². The predicted octanol–water partition coefficient (Wildman–Crippen LogP) is 0.984. The number of rotatable bonds is 11. The number of aliphatic hydroxyl groups excluding tert-OH is 1. The fourth-order valence-corrected chi connectivity index (χ4v) is 5.85. The standard InChI is InChI=1S/C34H62N6O8/c1-11-14-34(8,9)15-13-25-21(6)33(47)40(10)24(16-19(3)4)30(44)38-27(20(5)12-2)32(46)37-23(17-35)29(43)39-28(22(7)41)31(45)36-18-26(42)48-25/h19-25,27-28,41H,11-18,35H2,1-10H3,(H,36,45)(H,37,46)(H,38,44)(H,39,43)/t20-,21-,22+,23+,24+,25-,27+,28+/m1/s1. The van der Waals surface area contributed by atoms with E-state index in [-0.39, 0.29) is 23.8 Å². The van der Waals surface area contributed by atoms with Gasteiger partial charge >= 0.3 is 5.97 Å². The summed E-state index contributed by atoms with van der Waals surface area (Å²) in [6, 6.07) is -4.82. The minimum absolute atomic E-state index is 0.00282. The molecule has 1 fully saturated rings. The molecule has 1 saturated heterocycles. The number of nitrogens with two attached hydrogens (primary N) is 1. The molecule has 1 heterocycles. The molecule has 0 aliphatic carbocycles. The Hall–Kier alpha value is -3.26. The Kier molecular flexibility index (Phi) is 17.5. The normalized spacial score (nSPS) is 27.5. The average molecular weight is 683 g/mol. The average Bonchev–Trinajstić information content (AvgIpc) is 3.01. The van der Waals surface area contributed by atoms with Gasteiger partial charge in [-0.05, 0) is 49.9 Å². The minimum Gasteiger partial charge on any atom is -0.460 e. The summed E-state index contributed by atoms with van der Waals surface area (Å²) in [6.45, 7) is 15.8. The second-order valence-corrected chi connectivity index (χ2v) is 14.5. The minimum atomic E-state index is -1.49. The topological polar surface area (TPSA) is 209 Å². The molecule has 0 radical (unpaired) electrons. The van der Waals surface area contributed by atoms with Gasteiger partial charge in [-0.3, -0.25) is 28.8 Å². The van der Waals surface area contributed by atoms with Crippen LogP contribution in [0.25, 0.3) is 0 Å². The Bertz CT molecular complexity index is 1110. The van der Waals surface area contributed by atoms with E-state index in [2.05, 4.69) is 42.0 Å². The Morgan fingerprint density at radius 1 is 0.917 bits per heavy atom. The van der Waals surface area contributed by atoms with Crippen molar-refractivity contribution in [2.45, 2.75) is 137 Å². The first kappa shape index (κ1) is 42.8. The monoisotopic (exact) mass is 682 g/mol.